The van der Waals surface area contributed by atoms with Gasteiger partial charge < -0.3 is 24.6 Å². The molecule has 3 aromatic rings. The highest BCUT2D eigenvalue weighted by atomic mass is 16.5. The SMILES string of the molecule is CCOc1cc([C@H]2C(=C(O)c3ccc(OC(C)C)cc3)C(=O)C(=O)N2Cc2cccnc2)ccc1O. The zero-order valence-corrected chi connectivity index (χ0v) is 20.3. The number of ketones is 1. The summed E-state index contributed by atoms with van der Waals surface area (Å²) in [5.41, 5.74) is 1.57. The van der Waals surface area contributed by atoms with E-state index in [0.717, 1.165) is 5.56 Å². The van der Waals surface area contributed by atoms with Crippen molar-refractivity contribution in [2.75, 3.05) is 6.61 Å². The highest BCUT2D eigenvalue weighted by Crippen LogP contribution is 2.42. The number of hydrogen-bond acceptors (Lipinski definition) is 7. The number of phenols is 1. The fourth-order valence-electron chi connectivity index (χ4n) is 4.17. The highest BCUT2D eigenvalue weighted by Gasteiger charge is 2.46. The molecule has 1 amide bonds. The molecule has 1 aliphatic heterocycles. The van der Waals surface area contributed by atoms with E-state index >= 15 is 0 Å². The Morgan fingerprint density at radius 1 is 1.11 bits per heavy atom. The zero-order chi connectivity index (χ0) is 25.8. The fourth-order valence-corrected chi connectivity index (χ4v) is 4.17. The maximum absolute atomic E-state index is 13.3. The van der Waals surface area contributed by atoms with Crippen LogP contribution >= 0.6 is 0 Å². The maximum Gasteiger partial charge on any atom is 0.295 e. The van der Waals surface area contributed by atoms with Crippen LogP contribution in [0, 0.1) is 0 Å². The maximum atomic E-state index is 13.3. The Balaban J connectivity index is 1.83. The molecule has 0 bridgehead atoms. The first-order valence-electron chi connectivity index (χ1n) is 11.7. The number of nitrogens with zero attached hydrogens (tertiary/aromatic N) is 2. The molecule has 1 atom stereocenters. The van der Waals surface area contributed by atoms with Crippen molar-refractivity contribution in [2.45, 2.75) is 39.5 Å². The van der Waals surface area contributed by atoms with Crippen molar-refractivity contribution in [1.29, 1.82) is 0 Å². The van der Waals surface area contributed by atoms with Crippen LogP contribution in [0.5, 0.6) is 17.2 Å². The Labute approximate surface area is 209 Å². The number of aromatic nitrogens is 1. The molecule has 1 aliphatic rings. The van der Waals surface area contributed by atoms with Gasteiger partial charge in [-0.1, -0.05) is 12.1 Å². The van der Waals surface area contributed by atoms with Crippen molar-refractivity contribution in [3.63, 3.8) is 0 Å². The Morgan fingerprint density at radius 2 is 1.86 bits per heavy atom. The molecule has 0 spiro atoms. The number of likely N-dealkylation sites (tertiary alicyclic amines) is 1. The predicted molar refractivity (Wildman–Crippen MR) is 134 cm³/mol. The molecule has 1 aromatic heterocycles. The summed E-state index contributed by atoms with van der Waals surface area (Å²) >= 11 is 0. The lowest BCUT2D eigenvalue weighted by Gasteiger charge is -2.26. The molecule has 2 aromatic carbocycles. The number of hydrogen-bond donors (Lipinski definition) is 2. The predicted octanol–water partition coefficient (Wildman–Crippen LogP) is 4.60. The normalized spacial score (nSPS) is 17.0. The minimum Gasteiger partial charge on any atom is -0.507 e. The van der Waals surface area contributed by atoms with Gasteiger partial charge in [-0.2, -0.15) is 0 Å². The van der Waals surface area contributed by atoms with Gasteiger partial charge in [0.05, 0.1) is 24.3 Å². The Morgan fingerprint density at radius 3 is 2.50 bits per heavy atom. The minimum atomic E-state index is -0.906. The summed E-state index contributed by atoms with van der Waals surface area (Å²) in [6.07, 6.45) is 3.22. The summed E-state index contributed by atoms with van der Waals surface area (Å²) in [5.74, 6) is -1.06. The van der Waals surface area contributed by atoms with Crippen LogP contribution in [-0.2, 0) is 16.1 Å². The van der Waals surface area contributed by atoms with Crippen LogP contribution in [0.2, 0.25) is 0 Å². The summed E-state index contributed by atoms with van der Waals surface area (Å²) in [5, 5.41) is 21.5. The molecule has 1 saturated heterocycles. The Bertz CT molecular complexity index is 1290. The zero-order valence-electron chi connectivity index (χ0n) is 20.3. The van der Waals surface area contributed by atoms with E-state index in [2.05, 4.69) is 4.98 Å². The quantitative estimate of drug-likeness (QED) is 0.271. The largest absolute Gasteiger partial charge is 0.507 e. The van der Waals surface area contributed by atoms with Crippen molar-refractivity contribution in [3.05, 3.63) is 89.3 Å². The van der Waals surface area contributed by atoms with Gasteiger partial charge in [0.25, 0.3) is 11.7 Å². The molecule has 2 heterocycles. The topological polar surface area (TPSA) is 109 Å². The van der Waals surface area contributed by atoms with Crippen molar-refractivity contribution in [1.82, 2.24) is 9.88 Å². The number of benzene rings is 2. The summed E-state index contributed by atoms with van der Waals surface area (Å²) in [4.78, 5) is 32.0. The summed E-state index contributed by atoms with van der Waals surface area (Å²) < 4.78 is 11.2. The van der Waals surface area contributed by atoms with Gasteiger partial charge in [0, 0.05) is 24.5 Å². The molecule has 0 unspecified atom stereocenters. The van der Waals surface area contributed by atoms with Gasteiger partial charge >= 0.3 is 0 Å². The number of aliphatic hydroxyl groups is 1. The molecular weight excluding hydrogens is 460 g/mol. The molecule has 186 valence electrons. The molecule has 0 aliphatic carbocycles. The second-order valence-electron chi connectivity index (χ2n) is 8.64. The van der Waals surface area contributed by atoms with Gasteiger partial charge in [-0.05, 0) is 74.4 Å². The van der Waals surface area contributed by atoms with Crippen molar-refractivity contribution in [2.24, 2.45) is 0 Å². The third kappa shape index (κ3) is 5.02. The van der Waals surface area contributed by atoms with Crippen LogP contribution in [0.25, 0.3) is 5.76 Å². The van der Waals surface area contributed by atoms with Gasteiger partial charge in [-0.15, -0.1) is 0 Å². The lowest BCUT2D eigenvalue weighted by molar-refractivity contribution is -0.140. The van der Waals surface area contributed by atoms with Crippen molar-refractivity contribution < 1.29 is 29.3 Å². The second kappa shape index (κ2) is 10.5. The molecule has 1 fully saturated rings. The van der Waals surface area contributed by atoms with Crippen LogP contribution in [0.15, 0.2) is 72.6 Å². The van der Waals surface area contributed by atoms with E-state index in [4.69, 9.17) is 9.47 Å². The molecule has 36 heavy (non-hydrogen) atoms. The first-order valence-corrected chi connectivity index (χ1v) is 11.7. The van der Waals surface area contributed by atoms with Crippen molar-refractivity contribution >= 4 is 17.4 Å². The lowest BCUT2D eigenvalue weighted by Crippen LogP contribution is -2.29. The van der Waals surface area contributed by atoms with Gasteiger partial charge in [-0.25, -0.2) is 0 Å². The van der Waals surface area contributed by atoms with E-state index < -0.39 is 17.7 Å². The van der Waals surface area contributed by atoms with Gasteiger partial charge in [0.1, 0.15) is 11.5 Å². The molecular formula is C28H28N2O6. The van der Waals surface area contributed by atoms with Crippen LogP contribution < -0.4 is 9.47 Å². The smallest absolute Gasteiger partial charge is 0.295 e. The van der Waals surface area contributed by atoms with E-state index in [1.54, 1.807) is 67.8 Å². The van der Waals surface area contributed by atoms with Crippen LogP contribution in [0.1, 0.15) is 43.5 Å². The first kappa shape index (κ1) is 24.8. The Hall–Kier alpha value is -4.33. The third-order valence-corrected chi connectivity index (χ3v) is 5.71. The van der Waals surface area contributed by atoms with Crippen LogP contribution in [0.4, 0.5) is 0 Å². The van der Waals surface area contributed by atoms with Crippen LogP contribution in [-0.4, -0.2) is 44.5 Å². The average molecular weight is 489 g/mol. The van der Waals surface area contributed by atoms with E-state index in [-0.39, 0.29) is 35.5 Å². The highest BCUT2D eigenvalue weighted by molar-refractivity contribution is 6.46. The number of carbonyl (C=O) groups excluding carboxylic acids is 2. The number of aliphatic hydroxyl groups excluding tert-OH is 1. The average Bonchev–Trinajstić information content (AvgIpc) is 3.11. The number of ether oxygens (including phenoxy) is 2. The number of rotatable bonds is 8. The first-order chi connectivity index (χ1) is 17.3. The lowest BCUT2D eigenvalue weighted by atomic mass is 9.94. The van der Waals surface area contributed by atoms with E-state index in [0.29, 0.717) is 23.5 Å². The second-order valence-corrected chi connectivity index (χ2v) is 8.64. The molecule has 2 N–H and O–H groups in total. The number of phenolic OH excluding ortho intramolecular Hbond substituents is 1. The van der Waals surface area contributed by atoms with Crippen LogP contribution in [0.3, 0.4) is 0 Å². The van der Waals surface area contributed by atoms with E-state index in [1.165, 1.54) is 11.0 Å². The van der Waals surface area contributed by atoms with Gasteiger partial charge in [0.2, 0.25) is 0 Å². The third-order valence-electron chi connectivity index (χ3n) is 5.71. The monoisotopic (exact) mass is 488 g/mol. The Kier molecular flexibility index (Phi) is 7.24. The summed E-state index contributed by atoms with van der Waals surface area (Å²) in [7, 11) is 0. The van der Waals surface area contributed by atoms with Crippen molar-refractivity contribution in [3.8, 4) is 17.2 Å². The van der Waals surface area contributed by atoms with Gasteiger partial charge in [0.15, 0.2) is 11.5 Å². The summed E-state index contributed by atoms with van der Waals surface area (Å²) in [6, 6.07) is 14.0. The molecule has 0 radical (unpaired) electrons. The number of pyridine rings is 1. The number of carbonyl (C=O) groups is 2. The molecule has 8 heteroatoms. The fraction of sp³-hybridized carbons (Fsp3) is 0.250. The van der Waals surface area contributed by atoms with E-state index in [9.17, 15) is 19.8 Å². The van der Waals surface area contributed by atoms with Gasteiger partial charge in [-0.3, -0.25) is 14.6 Å². The number of aromatic hydroxyl groups is 1. The molecule has 4 rings (SSSR count). The molecule has 8 nitrogen and oxygen atoms in total. The number of Topliss-reactive ketones (excluding diaryl/α,β-unsaturated/α-hetero) is 1. The standard InChI is InChI=1S/C28H28N2O6/c1-4-35-23-14-20(9-12-22(23)31)25-24(26(32)19-7-10-21(11-8-19)36-17(2)3)27(33)28(34)30(25)16-18-6-5-13-29-15-18/h5-15,17,25,31-32H,4,16H2,1-3H3/t25-/m0/s1. The van der Waals surface area contributed by atoms with E-state index in [1.807, 2.05) is 13.8 Å². The minimum absolute atomic E-state index is 0.0173. The number of amides is 1. The molecule has 0 saturated carbocycles. The summed E-state index contributed by atoms with van der Waals surface area (Å²) in [6.45, 7) is 6.02.